The van der Waals surface area contributed by atoms with Gasteiger partial charge in [-0.1, -0.05) is 22.0 Å². The third kappa shape index (κ3) is 4.40. The molecule has 9 rings (SSSR count). The standard InChI is InChI=1S/C30H33N5O4/c36-29(20-9-12-37-13-10-20)35(23-3-1-2-21(14-23)27-31-25(33-38-27)18-4-5-18)17-30-11-8-24(22(15-30)16-30)28-32-26(34-39-28)19-6-7-19/h1-3,14,18-20H,4-13,15-17H2. The van der Waals surface area contributed by atoms with Crippen LogP contribution in [0.1, 0.15) is 93.6 Å². The van der Waals surface area contributed by atoms with E-state index < -0.39 is 0 Å². The molecule has 9 heteroatoms. The summed E-state index contributed by atoms with van der Waals surface area (Å²) in [7, 11) is 0. The second kappa shape index (κ2) is 9.11. The zero-order chi connectivity index (χ0) is 26.0. The Morgan fingerprint density at radius 3 is 2.28 bits per heavy atom. The second-order valence-electron chi connectivity index (χ2n) is 12.3. The number of benzene rings is 1. The van der Waals surface area contributed by atoms with E-state index in [0.717, 1.165) is 74.3 Å². The molecule has 3 aromatic rings. The molecule has 1 saturated heterocycles. The van der Waals surface area contributed by atoms with E-state index >= 15 is 0 Å². The van der Waals surface area contributed by atoms with Crippen LogP contribution < -0.4 is 4.90 Å². The number of carbonyl (C=O) groups is 1. The minimum absolute atomic E-state index is 0.0165. The number of aromatic nitrogens is 4. The number of ether oxygens (including phenoxy) is 1. The van der Waals surface area contributed by atoms with Gasteiger partial charge in [0.2, 0.25) is 5.91 Å². The van der Waals surface area contributed by atoms with Crippen LogP contribution in [0.4, 0.5) is 5.69 Å². The highest BCUT2D eigenvalue weighted by Gasteiger charge is 2.48. The summed E-state index contributed by atoms with van der Waals surface area (Å²) in [6.07, 6.45) is 10.0. The van der Waals surface area contributed by atoms with Gasteiger partial charge >= 0.3 is 0 Å². The van der Waals surface area contributed by atoms with Crippen LogP contribution in [0.2, 0.25) is 0 Å². The maximum Gasteiger partial charge on any atom is 0.258 e. The number of hydrogen-bond acceptors (Lipinski definition) is 8. The average molecular weight is 528 g/mol. The Balaban J connectivity index is 1.06. The molecule has 0 radical (unpaired) electrons. The van der Waals surface area contributed by atoms with Crippen molar-refractivity contribution >= 4 is 17.2 Å². The predicted octanol–water partition coefficient (Wildman–Crippen LogP) is 5.66. The molecule has 9 nitrogen and oxygen atoms in total. The molecule has 0 unspecified atom stereocenters. The molecule has 3 saturated carbocycles. The van der Waals surface area contributed by atoms with E-state index in [4.69, 9.17) is 18.8 Å². The number of rotatable bonds is 8. The summed E-state index contributed by atoms with van der Waals surface area (Å²) in [6, 6.07) is 8.06. The van der Waals surface area contributed by atoms with Crippen LogP contribution in [0.5, 0.6) is 0 Å². The summed E-state index contributed by atoms with van der Waals surface area (Å²) in [5.41, 5.74) is 4.50. The van der Waals surface area contributed by atoms with Crippen LogP contribution in [0.3, 0.4) is 0 Å². The predicted molar refractivity (Wildman–Crippen MR) is 142 cm³/mol. The quantitative estimate of drug-likeness (QED) is 0.369. The van der Waals surface area contributed by atoms with Crippen molar-refractivity contribution in [3.8, 4) is 11.5 Å². The van der Waals surface area contributed by atoms with Gasteiger partial charge < -0.3 is 18.7 Å². The number of nitrogens with zero attached hydrogens (tertiary/aromatic N) is 5. The Morgan fingerprint density at radius 1 is 0.923 bits per heavy atom. The summed E-state index contributed by atoms with van der Waals surface area (Å²) < 4.78 is 16.8. The lowest BCUT2D eigenvalue weighted by molar-refractivity contribution is -0.125. The van der Waals surface area contributed by atoms with E-state index in [0.29, 0.717) is 43.4 Å². The van der Waals surface area contributed by atoms with Gasteiger partial charge in [0, 0.05) is 54.3 Å². The van der Waals surface area contributed by atoms with Crippen molar-refractivity contribution in [2.45, 2.75) is 76.0 Å². The first-order chi connectivity index (χ1) is 19.1. The number of hydrogen-bond donors (Lipinski definition) is 0. The van der Waals surface area contributed by atoms with E-state index in [1.54, 1.807) is 0 Å². The molecule has 5 aliphatic carbocycles. The van der Waals surface area contributed by atoms with Crippen LogP contribution in [0.25, 0.3) is 17.0 Å². The van der Waals surface area contributed by atoms with Gasteiger partial charge in [0.25, 0.3) is 11.8 Å². The van der Waals surface area contributed by atoms with Gasteiger partial charge in [0.15, 0.2) is 11.6 Å². The third-order valence-electron chi connectivity index (χ3n) is 9.27. The molecule has 6 aliphatic rings. The van der Waals surface area contributed by atoms with Crippen LogP contribution in [0, 0.1) is 11.3 Å². The van der Waals surface area contributed by atoms with Crippen LogP contribution >= 0.6 is 0 Å². The Bertz CT molecular complexity index is 1430. The Morgan fingerprint density at radius 2 is 1.62 bits per heavy atom. The summed E-state index contributed by atoms with van der Waals surface area (Å²) in [5.74, 6) is 4.01. The van der Waals surface area contributed by atoms with Crippen molar-refractivity contribution in [1.82, 2.24) is 20.3 Å². The van der Waals surface area contributed by atoms with E-state index in [2.05, 4.69) is 15.3 Å². The number of allylic oxidation sites excluding steroid dienone is 2. The molecular formula is C30H33N5O4. The molecule has 39 heavy (non-hydrogen) atoms. The van der Waals surface area contributed by atoms with Crippen LogP contribution in [-0.4, -0.2) is 45.9 Å². The van der Waals surface area contributed by atoms with Gasteiger partial charge in [-0.3, -0.25) is 4.79 Å². The van der Waals surface area contributed by atoms with Crippen molar-refractivity contribution in [3.05, 3.63) is 47.4 Å². The van der Waals surface area contributed by atoms with E-state index in [1.165, 1.54) is 24.0 Å². The number of amides is 1. The highest BCUT2D eigenvalue weighted by atomic mass is 16.5. The van der Waals surface area contributed by atoms with Crippen LogP contribution in [-0.2, 0) is 9.53 Å². The first-order valence-electron chi connectivity index (χ1n) is 14.5. The van der Waals surface area contributed by atoms with Gasteiger partial charge in [-0.15, -0.1) is 0 Å². The van der Waals surface area contributed by atoms with Crippen molar-refractivity contribution in [1.29, 1.82) is 0 Å². The Labute approximate surface area is 227 Å². The largest absolute Gasteiger partial charge is 0.381 e. The zero-order valence-corrected chi connectivity index (χ0v) is 22.1. The number of fused-ring (bicyclic) bond motifs is 2. The van der Waals surface area contributed by atoms with Crippen LogP contribution in [0.15, 0.2) is 38.9 Å². The van der Waals surface area contributed by atoms with Gasteiger partial charge in [-0.05, 0) is 87.8 Å². The van der Waals surface area contributed by atoms with Crippen molar-refractivity contribution < 1.29 is 18.6 Å². The monoisotopic (exact) mass is 527 g/mol. The summed E-state index contributed by atoms with van der Waals surface area (Å²) in [4.78, 5) is 25.4. The Hall–Kier alpha value is -3.33. The maximum atomic E-state index is 14.0. The minimum Gasteiger partial charge on any atom is -0.381 e. The number of anilines is 1. The summed E-state index contributed by atoms with van der Waals surface area (Å²) in [6.45, 7) is 1.99. The lowest BCUT2D eigenvalue weighted by Gasteiger charge is -2.51. The zero-order valence-electron chi connectivity index (χ0n) is 22.1. The molecule has 3 heterocycles. The summed E-state index contributed by atoms with van der Waals surface area (Å²) in [5, 5.41) is 8.42. The fourth-order valence-electron chi connectivity index (χ4n) is 6.59. The molecule has 2 aromatic heterocycles. The van der Waals surface area contributed by atoms with E-state index in [9.17, 15) is 4.79 Å². The smallest absolute Gasteiger partial charge is 0.258 e. The molecule has 2 bridgehead atoms. The fraction of sp³-hybridized carbons (Fsp3) is 0.567. The lowest BCUT2D eigenvalue weighted by Crippen LogP contribution is -2.50. The molecule has 1 amide bonds. The fourth-order valence-corrected chi connectivity index (χ4v) is 6.59. The maximum absolute atomic E-state index is 14.0. The molecule has 0 N–H and O–H groups in total. The highest BCUT2D eigenvalue weighted by molar-refractivity contribution is 5.96. The normalized spacial score (nSPS) is 22.6. The second-order valence-corrected chi connectivity index (χ2v) is 12.3. The topological polar surface area (TPSA) is 107 Å². The SMILES string of the molecule is O=C(C1CCOCC1)N(CC12CCC(c3nc(C4CC4)no3)=C(C1)C2)c1cccc(-c2nc(C3CC3)no2)c1. The molecule has 0 spiro atoms. The van der Waals surface area contributed by atoms with Gasteiger partial charge in [-0.25, -0.2) is 0 Å². The highest BCUT2D eigenvalue weighted by Crippen LogP contribution is 2.58. The van der Waals surface area contributed by atoms with E-state index in [1.807, 2.05) is 29.2 Å². The molecule has 0 atom stereocenters. The first-order valence-corrected chi connectivity index (χ1v) is 14.5. The van der Waals surface area contributed by atoms with Crippen molar-refractivity contribution in [3.63, 3.8) is 0 Å². The van der Waals surface area contributed by atoms with Gasteiger partial charge in [0.05, 0.1) is 0 Å². The number of carbonyl (C=O) groups excluding carboxylic acids is 1. The summed E-state index contributed by atoms with van der Waals surface area (Å²) >= 11 is 0. The van der Waals surface area contributed by atoms with Crippen molar-refractivity contribution in [2.75, 3.05) is 24.7 Å². The molecular weight excluding hydrogens is 494 g/mol. The van der Waals surface area contributed by atoms with Gasteiger partial charge in [-0.2, -0.15) is 9.97 Å². The van der Waals surface area contributed by atoms with E-state index in [-0.39, 0.29) is 17.2 Å². The molecule has 1 aliphatic heterocycles. The first kappa shape index (κ1) is 23.5. The third-order valence-corrected chi connectivity index (χ3v) is 9.27. The lowest BCUT2D eigenvalue weighted by atomic mass is 9.57. The molecule has 202 valence electrons. The average Bonchev–Trinajstić information content (AvgIpc) is 3.90. The minimum atomic E-state index is -0.0165. The van der Waals surface area contributed by atoms with Crippen molar-refractivity contribution in [2.24, 2.45) is 11.3 Å². The van der Waals surface area contributed by atoms with Gasteiger partial charge in [0.1, 0.15) is 0 Å². The Kier molecular flexibility index (Phi) is 5.50. The molecule has 4 fully saturated rings. The molecule has 1 aromatic carbocycles.